The van der Waals surface area contributed by atoms with Crippen LogP contribution in [0.4, 0.5) is 11.5 Å². The lowest BCUT2D eigenvalue weighted by molar-refractivity contribution is -0.122. The summed E-state index contributed by atoms with van der Waals surface area (Å²) in [4.78, 5) is 27.3. The van der Waals surface area contributed by atoms with Gasteiger partial charge in [0, 0.05) is 24.2 Å². The second-order valence-electron chi connectivity index (χ2n) is 8.15. The normalized spacial score (nSPS) is 18.9. The molecule has 9 nitrogen and oxygen atoms in total. The SMILES string of the molecule is COc1ccc(-n2nc3c(c2NC(=O)[C@@H]2CC(=O)N(c4ccccc4)C2)CS(=O)(=O)C3)cc1. The second kappa shape index (κ2) is 8.04. The van der Waals surface area contributed by atoms with E-state index in [0.29, 0.717) is 28.5 Å². The number of amides is 2. The van der Waals surface area contributed by atoms with Crippen molar-refractivity contribution < 1.29 is 22.7 Å². The van der Waals surface area contributed by atoms with Crippen molar-refractivity contribution in [1.29, 1.82) is 0 Å². The molecule has 2 amide bonds. The van der Waals surface area contributed by atoms with E-state index in [0.717, 1.165) is 5.69 Å². The third-order valence-corrected chi connectivity index (χ3v) is 7.35. The summed E-state index contributed by atoms with van der Waals surface area (Å²) < 4.78 is 31.1. The number of hydrogen-bond donors (Lipinski definition) is 1. The van der Waals surface area contributed by atoms with Gasteiger partial charge in [0.05, 0.1) is 35.9 Å². The van der Waals surface area contributed by atoms with Gasteiger partial charge in [-0.3, -0.25) is 9.59 Å². The summed E-state index contributed by atoms with van der Waals surface area (Å²) in [5.74, 6) is -0.401. The summed E-state index contributed by atoms with van der Waals surface area (Å²) in [6.07, 6.45) is 0.0812. The summed E-state index contributed by atoms with van der Waals surface area (Å²) in [6, 6.07) is 16.3. The van der Waals surface area contributed by atoms with Crippen molar-refractivity contribution in [3.8, 4) is 11.4 Å². The molecule has 1 saturated heterocycles. The Morgan fingerprint density at radius 2 is 1.79 bits per heavy atom. The Balaban J connectivity index is 1.44. The summed E-state index contributed by atoms with van der Waals surface area (Å²) in [5.41, 5.74) is 2.32. The zero-order valence-corrected chi connectivity index (χ0v) is 18.7. The highest BCUT2D eigenvalue weighted by Gasteiger charge is 2.38. The molecule has 0 aliphatic carbocycles. The van der Waals surface area contributed by atoms with Gasteiger partial charge < -0.3 is 15.0 Å². The van der Waals surface area contributed by atoms with E-state index in [4.69, 9.17) is 4.74 Å². The lowest BCUT2D eigenvalue weighted by atomic mass is 10.1. The molecule has 1 atom stereocenters. The standard InChI is InChI=1S/C23H22N4O5S/c1-32-18-9-7-17(8-10-18)27-22(19-13-33(30,31)14-20(19)25-27)24-23(29)15-11-21(28)26(12-15)16-5-3-2-4-6-16/h2-10,15H,11-14H2,1H3,(H,24,29)/t15-/m1/s1. The van der Waals surface area contributed by atoms with Gasteiger partial charge in [0.25, 0.3) is 0 Å². The van der Waals surface area contributed by atoms with Crippen LogP contribution in [-0.4, -0.2) is 43.7 Å². The fourth-order valence-corrected chi connectivity index (χ4v) is 5.73. The highest BCUT2D eigenvalue weighted by Crippen LogP contribution is 2.34. The van der Waals surface area contributed by atoms with Gasteiger partial charge in [-0.2, -0.15) is 5.10 Å². The molecule has 2 aliphatic heterocycles. The zero-order chi connectivity index (χ0) is 23.2. The molecule has 1 fully saturated rings. The van der Waals surface area contributed by atoms with E-state index < -0.39 is 15.8 Å². The summed E-state index contributed by atoms with van der Waals surface area (Å²) in [7, 11) is -1.75. The molecule has 33 heavy (non-hydrogen) atoms. The molecule has 3 heterocycles. The predicted molar refractivity (Wildman–Crippen MR) is 122 cm³/mol. The van der Waals surface area contributed by atoms with Crippen LogP contribution in [0.5, 0.6) is 5.75 Å². The number of ether oxygens (including phenoxy) is 1. The predicted octanol–water partition coefficient (Wildman–Crippen LogP) is 2.30. The molecule has 10 heteroatoms. The Morgan fingerprint density at radius 1 is 1.06 bits per heavy atom. The van der Waals surface area contributed by atoms with Gasteiger partial charge >= 0.3 is 0 Å². The van der Waals surface area contributed by atoms with Crippen molar-refractivity contribution in [2.45, 2.75) is 17.9 Å². The van der Waals surface area contributed by atoms with E-state index in [1.165, 1.54) is 0 Å². The number of carbonyl (C=O) groups excluding carboxylic acids is 2. The highest BCUT2D eigenvalue weighted by atomic mass is 32.2. The topological polar surface area (TPSA) is 111 Å². The fourth-order valence-electron chi connectivity index (χ4n) is 4.24. The van der Waals surface area contributed by atoms with Gasteiger partial charge in [-0.15, -0.1) is 0 Å². The van der Waals surface area contributed by atoms with E-state index in [-0.39, 0.29) is 36.3 Å². The smallest absolute Gasteiger partial charge is 0.230 e. The lowest BCUT2D eigenvalue weighted by Gasteiger charge is -2.17. The quantitative estimate of drug-likeness (QED) is 0.618. The number of nitrogens with zero attached hydrogens (tertiary/aromatic N) is 3. The maximum Gasteiger partial charge on any atom is 0.230 e. The number of hydrogen-bond acceptors (Lipinski definition) is 6. The van der Waals surface area contributed by atoms with Crippen LogP contribution in [0.3, 0.4) is 0 Å². The minimum atomic E-state index is -3.31. The zero-order valence-electron chi connectivity index (χ0n) is 17.9. The van der Waals surface area contributed by atoms with Crippen LogP contribution >= 0.6 is 0 Å². The summed E-state index contributed by atoms with van der Waals surface area (Å²) in [5, 5.41) is 7.35. The van der Waals surface area contributed by atoms with E-state index in [2.05, 4.69) is 10.4 Å². The number of rotatable bonds is 5. The Morgan fingerprint density at radius 3 is 2.48 bits per heavy atom. The van der Waals surface area contributed by atoms with Gasteiger partial charge in [0.1, 0.15) is 11.6 Å². The van der Waals surface area contributed by atoms with Gasteiger partial charge in [0.2, 0.25) is 11.8 Å². The van der Waals surface area contributed by atoms with Crippen molar-refractivity contribution in [3.05, 3.63) is 65.9 Å². The maximum atomic E-state index is 13.2. The Kier molecular flexibility index (Phi) is 5.16. The number of nitrogens with one attached hydrogen (secondary N) is 1. The highest BCUT2D eigenvalue weighted by molar-refractivity contribution is 7.90. The Hall–Kier alpha value is -3.66. The molecule has 3 aromatic rings. The third-order valence-electron chi connectivity index (χ3n) is 5.91. The van der Waals surface area contributed by atoms with E-state index in [9.17, 15) is 18.0 Å². The first-order chi connectivity index (χ1) is 15.8. The van der Waals surface area contributed by atoms with E-state index >= 15 is 0 Å². The summed E-state index contributed by atoms with van der Waals surface area (Å²) >= 11 is 0. The minimum absolute atomic E-state index is 0.0812. The van der Waals surface area contributed by atoms with Crippen LogP contribution in [0.1, 0.15) is 17.7 Å². The number of fused-ring (bicyclic) bond motifs is 1. The molecule has 2 aromatic carbocycles. The number of methoxy groups -OCH3 is 1. The maximum absolute atomic E-state index is 13.2. The number of aromatic nitrogens is 2. The number of para-hydroxylation sites is 1. The average molecular weight is 467 g/mol. The van der Waals surface area contributed by atoms with Crippen LogP contribution in [0.15, 0.2) is 54.6 Å². The first kappa shape index (κ1) is 21.2. The molecular weight excluding hydrogens is 444 g/mol. The monoisotopic (exact) mass is 466 g/mol. The minimum Gasteiger partial charge on any atom is -0.497 e. The lowest BCUT2D eigenvalue weighted by Crippen LogP contribution is -2.29. The van der Waals surface area contributed by atoms with Crippen LogP contribution in [0.25, 0.3) is 5.69 Å². The first-order valence-electron chi connectivity index (χ1n) is 10.5. The van der Waals surface area contributed by atoms with Crippen molar-refractivity contribution in [3.63, 3.8) is 0 Å². The Labute approximate surface area is 190 Å². The molecule has 5 rings (SSSR count). The largest absolute Gasteiger partial charge is 0.497 e. The molecule has 170 valence electrons. The number of sulfone groups is 1. The molecule has 0 bridgehead atoms. The molecule has 0 radical (unpaired) electrons. The van der Waals surface area contributed by atoms with Crippen molar-refractivity contribution >= 4 is 33.2 Å². The number of carbonyl (C=O) groups is 2. The van der Waals surface area contributed by atoms with Gasteiger partial charge in [0.15, 0.2) is 9.84 Å². The van der Waals surface area contributed by atoms with Crippen LogP contribution in [0.2, 0.25) is 0 Å². The van der Waals surface area contributed by atoms with Gasteiger partial charge in [-0.25, -0.2) is 13.1 Å². The Bertz CT molecular complexity index is 1330. The van der Waals surface area contributed by atoms with Crippen LogP contribution in [0, 0.1) is 5.92 Å². The van der Waals surface area contributed by atoms with Crippen LogP contribution < -0.4 is 15.0 Å². The number of anilines is 2. The van der Waals surface area contributed by atoms with Crippen molar-refractivity contribution in [2.24, 2.45) is 5.92 Å². The van der Waals surface area contributed by atoms with Gasteiger partial charge in [-0.1, -0.05) is 18.2 Å². The summed E-state index contributed by atoms with van der Waals surface area (Å²) in [6.45, 7) is 0.256. The van der Waals surface area contributed by atoms with Crippen molar-refractivity contribution in [1.82, 2.24) is 9.78 Å². The number of benzene rings is 2. The molecule has 0 unspecified atom stereocenters. The fraction of sp³-hybridized carbons (Fsp3) is 0.261. The average Bonchev–Trinajstić information content (AvgIpc) is 3.44. The van der Waals surface area contributed by atoms with E-state index in [1.807, 2.05) is 30.3 Å². The third kappa shape index (κ3) is 3.97. The first-order valence-corrected chi connectivity index (χ1v) is 12.3. The molecule has 0 spiro atoms. The molecule has 1 aromatic heterocycles. The molecule has 1 N–H and O–H groups in total. The molecular formula is C23H22N4O5S. The molecule has 2 aliphatic rings. The second-order valence-corrected chi connectivity index (χ2v) is 10.2. The van der Waals surface area contributed by atoms with Crippen molar-refractivity contribution in [2.75, 3.05) is 23.9 Å². The molecule has 0 saturated carbocycles. The van der Waals surface area contributed by atoms with E-state index in [1.54, 1.807) is 41.0 Å². The van der Waals surface area contributed by atoms with Crippen LogP contribution in [-0.2, 0) is 30.9 Å². The van der Waals surface area contributed by atoms with Gasteiger partial charge in [-0.05, 0) is 36.4 Å².